The molecule has 1 unspecified atom stereocenters. The molecule has 0 saturated heterocycles. The van der Waals surface area contributed by atoms with E-state index in [2.05, 4.69) is 15.4 Å². The average Bonchev–Trinajstić information content (AvgIpc) is 2.90. The third-order valence-corrected chi connectivity index (χ3v) is 3.60. The van der Waals surface area contributed by atoms with Crippen molar-refractivity contribution in [2.45, 2.75) is 25.3 Å². The van der Waals surface area contributed by atoms with Crippen LogP contribution in [0.5, 0.6) is 0 Å². The second kappa shape index (κ2) is 5.77. The lowest BCUT2D eigenvalue weighted by molar-refractivity contribution is 0.465. The van der Waals surface area contributed by atoms with Crippen LogP contribution in [-0.2, 0) is 6.42 Å². The number of halogens is 2. The lowest BCUT2D eigenvalue weighted by atomic mass is 10.0. The maximum absolute atomic E-state index is 13.4. The van der Waals surface area contributed by atoms with E-state index in [1.165, 1.54) is 6.07 Å². The topological polar surface area (TPSA) is 68.8 Å². The molecule has 0 bridgehead atoms. The summed E-state index contributed by atoms with van der Waals surface area (Å²) in [5, 5.41) is 7.64. The molecule has 0 aliphatic carbocycles. The molecule has 2 aromatic rings. The SMILES string of the molecule is NCCCc1nc2n(n1)C(c1ccc(F)c(F)c1)CCN2. The molecule has 0 amide bonds. The molecule has 3 rings (SSSR count). The number of rotatable bonds is 4. The van der Waals surface area contributed by atoms with Crippen LogP contribution in [0.4, 0.5) is 14.7 Å². The number of benzene rings is 1. The fourth-order valence-corrected chi connectivity index (χ4v) is 2.54. The fourth-order valence-electron chi connectivity index (χ4n) is 2.54. The fraction of sp³-hybridized carbons (Fsp3) is 0.429. The van der Waals surface area contributed by atoms with E-state index in [-0.39, 0.29) is 6.04 Å². The maximum atomic E-state index is 13.4. The minimum atomic E-state index is -0.838. The third kappa shape index (κ3) is 2.73. The van der Waals surface area contributed by atoms with Crippen molar-refractivity contribution in [2.24, 2.45) is 5.73 Å². The number of nitrogens with two attached hydrogens (primary N) is 1. The van der Waals surface area contributed by atoms with Crippen molar-refractivity contribution < 1.29 is 8.78 Å². The van der Waals surface area contributed by atoms with Crippen molar-refractivity contribution in [3.05, 3.63) is 41.2 Å². The summed E-state index contributed by atoms with van der Waals surface area (Å²) in [6.45, 7) is 1.31. The van der Waals surface area contributed by atoms with Crippen molar-refractivity contribution in [1.29, 1.82) is 0 Å². The second-order valence-corrected chi connectivity index (χ2v) is 5.09. The first-order valence-corrected chi connectivity index (χ1v) is 7.03. The third-order valence-electron chi connectivity index (χ3n) is 3.60. The molecule has 21 heavy (non-hydrogen) atoms. The molecule has 1 aliphatic heterocycles. The lowest BCUT2D eigenvalue weighted by Crippen LogP contribution is -2.24. The van der Waals surface area contributed by atoms with Crippen molar-refractivity contribution >= 4 is 5.95 Å². The summed E-state index contributed by atoms with van der Waals surface area (Å²) in [5.41, 5.74) is 6.19. The molecule has 7 heteroatoms. The molecule has 1 aliphatic rings. The van der Waals surface area contributed by atoms with E-state index in [1.807, 2.05) is 0 Å². The number of fused-ring (bicyclic) bond motifs is 1. The zero-order valence-electron chi connectivity index (χ0n) is 11.5. The maximum Gasteiger partial charge on any atom is 0.221 e. The summed E-state index contributed by atoms with van der Waals surface area (Å²) in [5.74, 6) is -0.286. The van der Waals surface area contributed by atoms with Crippen LogP contribution in [0.15, 0.2) is 18.2 Å². The standard InChI is InChI=1S/C14H17F2N5/c15-10-4-3-9(8-11(10)16)12-5-7-18-14-19-13(2-1-6-17)20-21(12)14/h3-4,8,12H,1-2,5-7,17H2,(H,18,19,20). The van der Waals surface area contributed by atoms with Crippen LogP contribution in [0.25, 0.3) is 0 Å². The molecule has 0 fully saturated rings. The molecule has 2 heterocycles. The Kier molecular flexibility index (Phi) is 3.83. The molecule has 0 radical (unpaired) electrons. The number of hydrogen-bond donors (Lipinski definition) is 2. The van der Waals surface area contributed by atoms with Gasteiger partial charge in [0.25, 0.3) is 0 Å². The van der Waals surface area contributed by atoms with Gasteiger partial charge >= 0.3 is 0 Å². The van der Waals surface area contributed by atoms with Crippen LogP contribution >= 0.6 is 0 Å². The van der Waals surface area contributed by atoms with Gasteiger partial charge in [0.1, 0.15) is 0 Å². The van der Waals surface area contributed by atoms with E-state index >= 15 is 0 Å². The highest BCUT2D eigenvalue weighted by molar-refractivity contribution is 5.33. The molecule has 112 valence electrons. The summed E-state index contributed by atoms with van der Waals surface area (Å²) in [4.78, 5) is 4.42. The first-order valence-electron chi connectivity index (χ1n) is 7.03. The number of anilines is 1. The minimum Gasteiger partial charge on any atom is -0.354 e. The largest absolute Gasteiger partial charge is 0.354 e. The smallest absolute Gasteiger partial charge is 0.221 e. The summed E-state index contributed by atoms with van der Waals surface area (Å²) >= 11 is 0. The van der Waals surface area contributed by atoms with Crippen molar-refractivity contribution in [2.75, 3.05) is 18.4 Å². The van der Waals surface area contributed by atoms with Crippen molar-refractivity contribution in [1.82, 2.24) is 14.8 Å². The first-order chi connectivity index (χ1) is 10.2. The van der Waals surface area contributed by atoms with Crippen LogP contribution in [0.3, 0.4) is 0 Å². The highest BCUT2D eigenvalue weighted by Gasteiger charge is 2.25. The zero-order valence-corrected chi connectivity index (χ0v) is 11.5. The highest BCUT2D eigenvalue weighted by atomic mass is 19.2. The highest BCUT2D eigenvalue weighted by Crippen LogP contribution is 2.29. The summed E-state index contributed by atoms with van der Waals surface area (Å²) < 4.78 is 28.3. The van der Waals surface area contributed by atoms with Gasteiger partial charge in [0.15, 0.2) is 17.5 Å². The normalized spacial score (nSPS) is 17.4. The van der Waals surface area contributed by atoms with Gasteiger partial charge in [-0.25, -0.2) is 13.5 Å². The minimum absolute atomic E-state index is 0.129. The van der Waals surface area contributed by atoms with Gasteiger partial charge in [-0.15, -0.1) is 0 Å². The molecule has 1 aromatic heterocycles. The Hall–Kier alpha value is -2.02. The van der Waals surface area contributed by atoms with E-state index < -0.39 is 11.6 Å². The van der Waals surface area contributed by atoms with Crippen LogP contribution in [0.1, 0.15) is 30.3 Å². The van der Waals surface area contributed by atoms with Crippen LogP contribution in [-0.4, -0.2) is 27.9 Å². The van der Waals surface area contributed by atoms with Gasteiger partial charge < -0.3 is 11.1 Å². The number of nitrogens with one attached hydrogen (secondary N) is 1. The Labute approximate surface area is 121 Å². The molecule has 1 atom stereocenters. The van der Waals surface area contributed by atoms with Crippen molar-refractivity contribution in [3.8, 4) is 0 Å². The van der Waals surface area contributed by atoms with E-state index in [9.17, 15) is 8.78 Å². The average molecular weight is 293 g/mol. The Morgan fingerprint density at radius 1 is 1.33 bits per heavy atom. The Morgan fingerprint density at radius 3 is 2.95 bits per heavy atom. The second-order valence-electron chi connectivity index (χ2n) is 5.09. The summed E-state index contributed by atoms with van der Waals surface area (Å²) in [6, 6.07) is 3.85. The van der Waals surface area contributed by atoms with Crippen LogP contribution in [0.2, 0.25) is 0 Å². The molecule has 0 saturated carbocycles. The summed E-state index contributed by atoms with van der Waals surface area (Å²) in [6.07, 6.45) is 2.28. The van der Waals surface area contributed by atoms with Gasteiger partial charge in [0.05, 0.1) is 6.04 Å². The van der Waals surface area contributed by atoms with Gasteiger partial charge in [-0.3, -0.25) is 0 Å². The summed E-state index contributed by atoms with van der Waals surface area (Å²) in [7, 11) is 0. The molecular formula is C14H17F2N5. The van der Waals surface area contributed by atoms with Crippen molar-refractivity contribution in [3.63, 3.8) is 0 Å². The Balaban J connectivity index is 1.92. The van der Waals surface area contributed by atoms with Gasteiger partial charge in [-0.05, 0) is 37.1 Å². The number of aryl methyl sites for hydroxylation is 1. The van der Waals surface area contributed by atoms with E-state index in [4.69, 9.17) is 5.73 Å². The van der Waals surface area contributed by atoms with E-state index in [1.54, 1.807) is 10.7 Å². The quantitative estimate of drug-likeness (QED) is 0.902. The lowest BCUT2D eigenvalue weighted by Gasteiger charge is -2.24. The van der Waals surface area contributed by atoms with Crippen LogP contribution < -0.4 is 11.1 Å². The number of hydrogen-bond acceptors (Lipinski definition) is 4. The van der Waals surface area contributed by atoms with Gasteiger partial charge in [0, 0.05) is 13.0 Å². The molecular weight excluding hydrogens is 276 g/mol. The first kappa shape index (κ1) is 13.9. The predicted octanol–water partition coefficient (Wildman–Crippen LogP) is 1.85. The van der Waals surface area contributed by atoms with Gasteiger partial charge in [-0.2, -0.15) is 10.1 Å². The molecule has 5 nitrogen and oxygen atoms in total. The molecule has 1 aromatic carbocycles. The van der Waals surface area contributed by atoms with Gasteiger partial charge in [0.2, 0.25) is 5.95 Å². The van der Waals surface area contributed by atoms with E-state index in [0.29, 0.717) is 24.5 Å². The molecule has 3 N–H and O–H groups in total. The predicted molar refractivity (Wildman–Crippen MR) is 75.0 cm³/mol. The Bertz CT molecular complexity index is 640. The number of aromatic nitrogens is 3. The molecule has 0 spiro atoms. The monoisotopic (exact) mass is 293 g/mol. The van der Waals surface area contributed by atoms with Crippen LogP contribution in [0, 0.1) is 11.6 Å². The zero-order chi connectivity index (χ0) is 14.8. The number of nitrogens with zero attached hydrogens (tertiary/aromatic N) is 3. The van der Waals surface area contributed by atoms with Gasteiger partial charge in [-0.1, -0.05) is 6.07 Å². The van der Waals surface area contributed by atoms with E-state index in [0.717, 1.165) is 31.3 Å². The Morgan fingerprint density at radius 2 is 2.19 bits per heavy atom.